The van der Waals surface area contributed by atoms with E-state index in [9.17, 15) is 18.0 Å². The number of hydrogen-bond donors (Lipinski definition) is 2. The summed E-state index contributed by atoms with van der Waals surface area (Å²) in [7, 11) is -3.16. The smallest absolute Gasteiger partial charge is 0.323 e. The molecule has 2 heterocycles. The van der Waals surface area contributed by atoms with E-state index < -0.39 is 28.4 Å². The molecule has 0 aliphatic carbocycles. The minimum Gasteiger partial charge on any atom is -0.480 e. The van der Waals surface area contributed by atoms with Crippen molar-refractivity contribution in [2.24, 2.45) is 0 Å². The van der Waals surface area contributed by atoms with Crippen molar-refractivity contribution in [3.05, 3.63) is 0 Å². The van der Waals surface area contributed by atoms with Crippen LogP contribution in [0, 0.1) is 0 Å². The molecule has 2 aliphatic heterocycles. The lowest BCUT2D eigenvalue weighted by Crippen LogP contribution is -2.55. The Kier molecular flexibility index (Phi) is 4.48. The lowest BCUT2D eigenvalue weighted by atomic mass is 10.2. The first-order valence-electron chi connectivity index (χ1n) is 6.57. The third-order valence-electron chi connectivity index (χ3n) is 3.59. The Labute approximate surface area is 117 Å². The second-order valence-electron chi connectivity index (χ2n) is 5.10. The fourth-order valence-electron chi connectivity index (χ4n) is 2.56. The van der Waals surface area contributed by atoms with Crippen LogP contribution >= 0.6 is 0 Å². The Morgan fingerprint density at radius 3 is 2.45 bits per heavy atom. The predicted molar refractivity (Wildman–Crippen MR) is 71.2 cm³/mol. The number of carbonyl (C=O) groups is 2. The van der Waals surface area contributed by atoms with Crippen LogP contribution in [0.3, 0.4) is 0 Å². The molecule has 2 N–H and O–H groups in total. The van der Waals surface area contributed by atoms with E-state index >= 15 is 0 Å². The number of piperazine rings is 1. The molecule has 0 bridgehead atoms. The highest BCUT2D eigenvalue weighted by Gasteiger charge is 2.37. The fourth-order valence-corrected chi connectivity index (χ4v) is 4.29. The van der Waals surface area contributed by atoms with Gasteiger partial charge < -0.3 is 20.2 Å². The van der Waals surface area contributed by atoms with Gasteiger partial charge in [0.05, 0.1) is 11.5 Å². The van der Waals surface area contributed by atoms with Crippen molar-refractivity contribution in [1.29, 1.82) is 0 Å². The molecule has 0 spiro atoms. The first-order chi connectivity index (χ1) is 9.39. The Bertz CT molecular complexity index is 486. The summed E-state index contributed by atoms with van der Waals surface area (Å²) in [4.78, 5) is 26.1. The van der Waals surface area contributed by atoms with Crippen LogP contribution in [-0.4, -0.2) is 85.6 Å². The Morgan fingerprint density at radius 2 is 1.95 bits per heavy atom. The molecule has 114 valence electrons. The normalized spacial score (nSPS) is 25.4. The molecule has 0 aromatic carbocycles. The zero-order valence-electron chi connectivity index (χ0n) is 11.1. The molecular weight excluding hydrogens is 286 g/mol. The summed E-state index contributed by atoms with van der Waals surface area (Å²) in [6.45, 7) is 1.89. The van der Waals surface area contributed by atoms with Gasteiger partial charge >= 0.3 is 12.0 Å². The molecule has 0 aromatic heterocycles. The number of sulfone groups is 1. The van der Waals surface area contributed by atoms with Crippen molar-refractivity contribution in [3.63, 3.8) is 0 Å². The summed E-state index contributed by atoms with van der Waals surface area (Å²) >= 11 is 0. The predicted octanol–water partition coefficient (Wildman–Crippen LogP) is -1.41. The van der Waals surface area contributed by atoms with Crippen LogP contribution in [0.4, 0.5) is 4.79 Å². The van der Waals surface area contributed by atoms with Crippen molar-refractivity contribution >= 4 is 21.8 Å². The van der Waals surface area contributed by atoms with Crippen LogP contribution in [0.25, 0.3) is 0 Å². The number of carboxylic acids is 1. The second kappa shape index (κ2) is 5.96. The quantitative estimate of drug-likeness (QED) is 0.663. The van der Waals surface area contributed by atoms with Gasteiger partial charge in [-0.05, 0) is 6.42 Å². The topological polar surface area (TPSA) is 107 Å². The fraction of sp³-hybridized carbons (Fsp3) is 0.818. The maximum Gasteiger partial charge on any atom is 0.323 e. The molecule has 0 radical (unpaired) electrons. The second-order valence-corrected chi connectivity index (χ2v) is 7.33. The molecule has 1 atom stereocenters. The van der Waals surface area contributed by atoms with Crippen LogP contribution in [0.15, 0.2) is 0 Å². The van der Waals surface area contributed by atoms with Crippen LogP contribution in [0.1, 0.15) is 6.42 Å². The van der Waals surface area contributed by atoms with E-state index in [1.54, 1.807) is 4.90 Å². The average Bonchev–Trinajstić information content (AvgIpc) is 2.76. The molecule has 1 unspecified atom stereocenters. The van der Waals surface area contributed by atoms with Gasteiger partial charge in [0.15, 0.2) is 9.84 Å². The van der Waals surface area contributed by atoms with Gasteiger partial charge in [-0.1, -0.05) is 0 Å². The van der Waals surface area contributed by atoms with Gasteiger partial charge in [-0.3, -0.25) is 4.79 Å². The number of hydrogen-bond acceptors (Lipinski definition) is 5. The number of carboxylic acid groups (broad SMARTS) is 1. The summed E-state index contributed by atoms with van der Waals surface area (Å²) in [5, 5.41) is 12.1. The molecule has 8 nitrogen and oxygen atoms in total. The van der Waals surface area contributed by atoms with E-state index in [1.165, 1.54) is 4.90 Å². The maximum absolute atomic E-state index is 12.4. The molecule has 2 fully saturated rings. The SMILES string of the molecule is O=C(O)CN(C(=O)N1CCNCC1)C1CCS(=O)(=O)C1. The number of rotatable bonds is 3. The zero-order valence-corrected chi connectivity index (χ0v) is 11.9. The number of urea groups is 1. The summed E-state index contributed by atoms with van der Waals surface area (Å²) in [6.07, 6.45) is 0.313. The molecule has 2 aliphatic rings. The number of aliphatic carboxylic acids is 1. The highest BCUT2D eigenvalue weighted by Crippen LogP contribution is 2.19. The first-order valence-corrected chi connectivity index (χ1v) is 8.40. The summed E-state index contributed by atoms with van der Waals surface area (Å²) in [5.74, 6) is -1.25. The maximum atomic E-state index is 12.4. The number of nitrogens with zero attached hydrogens (tertiary/aromatic N) is 2. The van der Waals surface area contributed by atoms with Crippen molar-refractivity contribution in [2.45, 2.75) is 12.5 Å². The van der Waals surface area contributed by atoms with E-state index in [-0.39, 0.29) is 17.5 Å². The van der Waals surface area contributed by atoms with E-state index in [0.717, 1.165) is 0 Å². The zero-order chi connectivity index (χ0) is 14.8. The van der Waals surface area contributed by atoms with Gasteiger partial charge in [-0.25, -0.2) is 13.2 Å². The monoisotopic (exact) mass is 305 g/mol. The molecule has 0 aromatic rings. The Morgan fingerprint density at radius 1 is 1.30 bits per heavy atom. The summed E-state index contributed by atoms with van der Waals surface area (Å²) < 4.78 is 23.0. The van der Waals surface area contributed by atoms with Crippen molar-refractivity contribution in [1.82, 2.24) is 15.1 Å². The highest BCUT2D eigenvalue weighted by atomic mass is 32.2. The minimum atomic E-state index is -3.16. The van der Waals surface area contributed by atoms with Crippen LogP contribution < -0.4 is 5.32 Å². The number of nitrogens with one attached hydrogen (secondary N) is 1. The third kappa shape index (κ3) is 3.60. The molecule has 2 rings (SSSR count). The van der Waals surface area contributed by atoms with Gasteiger partial charge in [-0.2, -0.15) is 0 Å². The van der Waals surface area contributed by atoms with Crippen LogP contribution in [0.2, 0.25) is 0 Å². The molecule has 20 heavy (non-hydrogen) atoms. The van der Waals surface area contributed by atoms with Crippen LogP contribution in [0.5, 0.6) is 0 Å². The van der Waals surface area contributed by atoms with E-state index in [0.29, 0.717) is 32.6 Å². The van der Waals surface area contributed by atoms with E-state index in [1.807, 2.05) is 0 Å². The molecule has 9 heteroatoms. The van der Waals surface area contributed by atoms with Crippen LogP contribution in [-0.2, 0) is 14.6 Å². The highest BCUT2D eigenvalue weighted by molar-refractivity contribution is 7.91. The summed E-state index contributed by atoms with van der Waals surface area (Å²) in [5.41, 5.74) is 0. The molecular formula is C11H19N3O5S. The van der Waals surface area contributed by atoms with Gasteiger partial charge in [-0.15, -0.1) is 0 Å². The van der Waals surface area contributed by atoms with Crippen molar-refractivity contribution < 1.29 is 23.1 Å². The largest absolute Gasteiger partial charge is 0.480 e. The van der Waals surface area contributed by atoms with E-state index in [2.05, 4.69) is 5.32 Å². The van der Waals surface area contributed by atoms with Crippen molar-refractivity contribution in [2.75, 3.05) is 44.2 Å². The Hall–Kier alpha value is -1.35. The standard InChI is InChI=1S/C11H19N3O5S/c15-10(16)7-14(9-1-6-20(18,19)8-9)11(17)13-4-2-12-3-5-13/h9,12H,1-8H2,(H,15,16). The number of carbonyl (C=O) groups excluding carboxylic acids is 1. The van der Waals surface area contributed by atoms with E-state index in [4.69, 9.17) is 5.11 Å². The Balaban J connectivity index is 2.10. The molecule has 0 saturated carbocycles. The number of amides is 2. The van der Waals surface area contributed by atoms with Gasteiger partial charge in [0.1, 0.15) is 6.54 Å². The molecule has 2 amide bonds. The lowest BCUT2D eigenvalue weighted by molar-refractivity contribution is -0.138. The van der Waals surface area contributed by atoms with Gasteiger partial charge in [0.2, 0.25) is 0 Å². The van der Waals surface area contributed by atoms with Crippen molar-refractivity contribution in [3.8, 4) is 0 Å². The first kappa shape index (κ1) is 15.0. The average molecular weight is 305 g/mol. The minimum absolute atomic E-state index is 0.0165. The third-order valence-corrected chi connectivity index (χ3v) is 5.34. The van der Waals surface area contributed by atoms with Gasteiger partial charge in [0, 0.05) is 32.2 Å². The summed E-state index contributed by atoms with van der Waals surface area (Å²) in [6, 6.07) is -0.908. The lowest BCUT2D eigenvalue weighted by Gasteiger charge is -2.35. The molecule has 2 saturated heterocycles. The van der Waals surface area contributed by atoms with Gasteiger partial charge in [0.25, 0.3) is 0 Å².